The zero-order valence-electron chi connectivity index (χ0n) is 16.8. The second-order valence-electron chi connectivity index (χ2n) is 7.40. The van der Waals surface area contributed by atoms with Crippen LogP contribution in [0.3, 0.4) is 0 Å². The van der Waals surface area contributed by atoms with Crippen LogP contribution in [0.5, 0.6) is 0 Å². The van der Waals surface area contributed by atoms with E-state index < -0.39 is 11.7 Å². The van der Waals surface area contributed by atoms with Crippen LogP contribution in [-0.2, 0) is 7.05 Å². The number of carbonyl (C=O) groups excluding carboxylic acids is 1. The van der Waals surface area contributed by atoms with E-state index in [1.807, 2.05) is 7.05 Å². The highest BCUT2D eigenvalue weighted by Gasteiger charge is 2.24. The first-order chi connectivity index (χ1) is 14.6. The standard InChI is InChI=1S/C21H24FN7O/c1-28-21(29-8-6-14(10-23)7-9-29)19(13-25-28)27-20(30)18-12-24-11-17(26-18)15-4-2-3-5-16(15)22/h2-5,11-14H,6-10,23H2,1H3,(H,27,30). The van der Waals surface area contributed by atoms with E-state index in [9.17, 15) is 9.18 Å². The number of amides is 1. The van der Waals surface area contributed by atoms with Gasteiger partial charge in [-0.2, -0.15) is 5.10 Å². The summed E-state index contributed by atoms with van der Waals surface area (Å²) >= 11 is 0. The van der Waals surface area contributed by atoms with Crippen LogP contribution in [-0.4, -0.2) is 45.3 Å². The lowest BCUT2D eigenvalue weighted by Gasteiger charge is -2.33. The van der Waals surface area contributed by atoms with E-state index >= 15 is 0 Å². The van der Waals surface area contributed by atoms with Crippen LogP contribution in [0.2, 0.25) is 0 Å². The normalized spacial score (nSPS) is 14.7. The van der Waals surface area contributed by atoms with Crippen LogP contribution >= 0.6 is 0 Å². The second kappa shape index (κ2) is 8.58. The first kappa shape index (κ1) is 20.0. The quantitative estimate of drug-likeness (QED) is 0.671. The number of hydrogen-bond donors (Lipinski definition) is 2. The Hall–Kier alpha value is -3.33. The number of nitrogens with one attached hydrogen (secondary N) is 1. The summed E-state index contributed by atoms with van der Waals surface area (Å²) in [5, 5.41) is 7.18. The summed E-state index contributed by atoms with van der Waals surface area (Å²) in [4.78, 5) is 23.4. The summed E-state index contributed by atoms with van der Waals surface area (Å²) in [5.74, 6) is 0.535. The second-order valence-corrected chi connectivity index (χ2v) is 7.40. The molecule has 4 rings (SSSR count). The molecule has 30 heavy (non-hydrogen) atoms. The number of benzene rings is 1. The average Bonchev–Trinajstić information content (AvgIpc) is 3.14. The topological polar surface area (TPSA) is 102 Å². The fourth-order valence-corrected chi connectivity index (χ4v) is 3.74. The third-order valence-electron chi connectivity index (χ3n) is 5.42. The monoisotopic (exact) mass is 409 g/mol. The molecular formula is C21H24FN7O. The Morgan fingerprint density at radius 3 is 2.73 bits per heavy atom. The molecule has 0 aliphatic carbocycles. The van der Waals surface area contributed by atoms with Crippen LogP contribution in [0, 0.1) is 11.7 Å². The predicted octanol–water partition coefficient (Wildman–Crippen LogP) is 2.44. The highest BCUT2D eigenvalue weighted by Crippen LogP contribution is 2.29. The van der Waals surface area contributed by atoms with E-state index in [1.54, 1.807) is 29.1 Å². The van der Waals surface area contributed by atoms with Gasteiger partial charge in [-0.15, -0.1) is 0 Å². The molecule has 1 aromatic carbocycles. The number of piperidine rings is 1. The van der Waals surface area contributed by atoms with Gasteiger partial charge >= 0.3 is 0 Å². The average molecular weight is 409 g/mol. The SMILES string of the molecule is Cn1ncc(NC(=O)c2cncc(-c3ccccc3F)n2)c1N1CCC(CN)CC1. The molecule has 1 amide bonds. The van der Waals surface area contributed by atoms with Gasteiger partial charge in [0.05, 0.1) is 24.3 Å². The number of aryl methyl sites for hydroxylation is 1. The molecular weight excluding hydrogens is 385 g/mol. The van der Waals surface area contributed by atoms with E-state index in [1.165, 1.54) is 18.5 Å². The summed E-state index contributed by atoms with van der Waals surface area (Å²) in [7, 11) is 1.85. The Morgan fingerprint density at radius 2 is 2.00 bits per heavy atom. The van der Waals surface area contributed by atoms with E-state index in [4.69, 9.17) is 5.73 Å². The molecule has 0 saturated carbocycles. The van der Waals surface area contributed by atoms with Crippen molar-refractivity contribution in [2.24, 2.45) is 18.7 Å². The van der Waals surface area contributed by atoms with Gasteiger partial charge in [0.1, 0.15) is 17.2 Å². The lowest BCUT2D eigenvalue weighted by atomic mass is 9.97. The molecule has 0 unspecified atom stereocenters. The first-order valence-electron chi connectivity index (χ1n) is 9.92. The van der Waals surface area contributed by atoms with Crippen LogP contribution in [0.1, 0.15) is 23.3 Å². The number of rotatable bonds is 5. The molecule has 0 bridgehead atoms. The fraction of sp³-hybridized carbons (Fsp3) is 0.333. The van der Waals surface area contributed by atoms with Gasteiger partial charge in [0.2, 0.25) is 0 Å². The van der Waals surface area contributed by atoms with Gasteiger partial charge < -0.3 is 16.0 Å². The molecule has 0 atom stereocenters. The first-order valence-corrected chi connectivity index (χ1v) is 9.92. The Balaban J connectivity index is 1.54. The van der Waals surface area contributed by atoms with Gasteiger partial charge in [-0.1, -0.05) is 12.1 Å². The van der Waals surface area contributed by atoms with Crippen LogP contribution < -0.4 is 16.0 Å². The Morgan fingerprint density at radius 1 is 1.23 bits per heavy atom. The number of hydrogen-bond acceptors (Lipinski definition) is 6. The molecule has 0 radical (unpaired) electrons. The third-order valence-corrected chi connectivity index (χ3v) is 5.42. The van der Waals surface area contributed by atoms with Gasteiger partial charge in [0, 0.05) is 25.7 Å². The Kier molecular flexibility index (Phi) is 5.71. The highest BCUT2D eigenvalue weighted by atomic mass is 19.1. The van der Waals surface area contributed by atoms with Crippen LogP contribution in [0.4, 0.5) is 15.9 Å². The number of anilines is 2. The number of nitrogens with zero attached hydrogens (tertiary/aromatic N) is 5. The molecule has 0 spiro atoms. The van der Waals surface area contributed by atoms with E-state index in [0.717, 1.165) is 31.7 Å². The van der Waals surface area contributed by atoms with Crippen molar-refractivity contribution in [3.8, 4) is 11.3 Å². The minimum atomic E-state index is -0.424. The van der Waals surface area contributed by atoms with Gasteiger partial charge in [-0.25, -0.2) is 9.37 Å². The Bertz CT molecular complexity index is 1040. The van der Waals surface area contributed by atoms with Crippen molar-refractivity contribution in [3.63, 3.8) is 0 Å². The summed E-state index contributed by atoms with van der Waals surface area (Å²) < 4.78 is 15.8. The summed E-state index contributed by atoms with van der Waals surface area (Å²) in [6.07, 6.45) is 6.43. The molecule has 8 nitrogen and oxygen atoms in total. The molecule has 9 heteroatoms. The van der Waals surface area contributed by atoms with E-state index in [0.29, 0.717) is 29.4 Å². The maximum absolute atomic E-state index is 14.1. The Labute approximate surface area is 173 Å². The maximum Gasteiger partial charge on any atom is 0.276 e. The number of aromatic nitrogens is 4. The van der Waals surface area contributed by atoms with Crippen molar-refractivity contribution >= 4 is 17.4 Å². The lowest BCUT2D eigenvalue weighted by Crippen LogP contribution is -2.37. The largest absolute Gasteiger partial charge is 0.355 e. The van der Waals surface area contributed by atoms with Crippen LogP contribution in [0.25, 0.3) is 11.3 Å². The van der Waals surface area contributed by atoms with Crippen molar-refractivity contribution in [2.75, 3.05) is 29.9 Å². The van der Waals surface area contributed by atoms with Gasteiger partial charge in [0.15, 0.2) is 5.82 Å². The molecule has 1 saturated heterocycles. The van der Waals surface area contributed by atoms with E-state index in [2.05, 4.69) is 25.3 Å². The zero-order valence-corrected chi connectivity index (χ0v) is 16.8. The van der Waals surface area contributed by atoms with Gasteiger partial charge in [0.25, 0.3) is 5.91 Å². The van der Waals surface area contributed by atoms with Crippen molar-refractivity contribution in [1.82, 2.24) is 19.7 Å². The molecule has 2 aromatic heterocycles. The zero-order chi connectivity index (χ0) is 21.1. The molecule has 1 aliphatic heterocycles. The van der Waals surface area contributed by atoms with Crippen molar-refractivity contribution in [3.05, 3.63) is 54.4 Å². The molecule has 156 valence electrons. The fourth-order valence-electron chi connectivity index (χ4n) is 3.74. The smallest absolute Gasteiger partial charge is 0.276 e. The number of carbonyl (C=O) groups is 1. The van der Waals surface area contributed by atoms with Crippen molar-refractivity contribution < 1.29 is 9.18 Å². The molecule has 1 fully saturated rings. The van der Waals surface area contributed by atoms with Gasteiger partial charge in [-0.3, -0.25) is 14.5 Å². The predicted molar refractivity (Wildman–Crippen MR) is 113 cm³/mol. The van der Waals surface area contributed by atoms with Crippen molar-refractivity contribution in [2.45, 2.75) is 12.8 Å². The summed E-state index contributed by atoms with van der Waals surface area (Å²) in [6, 6.07) is 6.26. The molecule has 3 aromatic rings. The lowest BCUT2D eigenvalue weighted by molar-refractivity contribution is 0.102. The minimum Gasteiger partial charge on any atom is -0.355 e. The molecule has 1 aliphatic rings. The maximum atomic E-state index is 14.1. The summed E-state index contributed by atoms with van der Waals surface area (Å²) in [6.45, 7) is 2.40. The minimum absolute atomic E-state index is 0.104. The van der Waals surface area contributed by atoms with Crippen LogP contribution in [0.15, 0.2) is 42.9 Å². The third kappa shape index (κ3) is 4.02. The molecule has 3 heterocycles. The number of halogens is 1. The van der Waals surface area contributed by atoms with Crippen molar-refractivity contribution in [1.29, 1.82) is 0 Å². The molecule has 3 N–H and O–H groups in total. The van der Waals surface area contributed by atoms with Gasteiger partial charge in [-0.05, 0) is 37.4 Å². The van der Waals surface area contributed by atoms with E-state index in [-0.39, 0.29) is 5.69 Å². The number of nitrogens with two attached hydrogens (primary N) is 1. The summed E-state index contributed by atoms with van der Waals surface area (Å²) in [5.41, 5.74) is 7.10. The highest BCUT2D eigenvalue weighted by molar-refractivity contribution is 6.04.